The molecule has 1 aromatic heterocycles. The summed E-state index contributed by atoms with van der Waals surface area (Å²) in [6.45, 7) is 4.37. The Bertz CT molecular complexity index is 1240. The summed E-state index contributed by atoms with van der Waals surface area (Å²) in [5.41, 5.74) is 4.98. The summed E-state index contributed by atoms with van der Waals surface area (Å²) in [5, 5.41) is 3.27. The van der Waals surface area contributed by atoms with E-state index in [-0.39, 0.29) is 5.91 Å². The first-order chi connectivity index (χ1) is 15.0. The maximum absolute atomic E-state index is 12.4. The SMILES string of the molecule is CC[C@H](C)c1ccc2oc(-c3ccc(Cl)c(NC(=O)/C=C/c4ccccc4)c3)nc2c1. The zero-order chi connectivity index (χ0) is 21.8. The van der Waals surface area contributed by atoms with E-state index in [2.05, 4.69) is 36.3 Å². The van der Waals surface area contributed by atoms with Gasteiger partial charge in [-0.05, 0) is 59.9 Å². The van der Waals surface area contributed by atoms with E-state index in [1.165, 1.54) is 11.6 Å². The van der Waals surface area contributed by atoms with Crippen LogP contribution < -0.4 is 5.32 Å². The number of rotatable bonds is 6. The number of halogens is 1. The van der Waals surface area contributed by atoms with Crippen LogP contribution >= 0.6 is 11.6 Å². The van der Waals surface area contributed by atoms with E-state index < -0.39 is 0 Å². The highest BCUT2D eigenvalue weighted by Gasteiger charge is 2.13. The zero-order valence-electron chi connectivity index (χ0n) is 17.4. The number of aromatic nitrogens is 1. The molecule has 1 amide bonds. The first-order valence-corrected chi connectivity index (χ1v) is 10.7. The van der Waals surface area contributed by atoms with Gasteiger partial charge >= 0.3 is 0 Å². The van der Waals surface area contributed by atoms with Crippen LogP contribution in [0.3, 0.4) is 0 Å². The van der Waals surface area contributed by atoms with Crippen molar-refractivity contribution in [2.75, 3.05) is 5.32 Å². The predicted octanol–water partition coefficient (Wildman–Crippen LogP) is 7.31. The molecule has 4 rings (SSSR count). The Morgan fingerprint density at radius 1 is 1.13 bits per heavy atom. The highest BCUT2D eigenvalue weighted by Crippen LogP contribution is 2.31. The molecule has 3 aromatic carbocycles. The summed E-state index contributed by atoms with van der Waals surface area (Å²) >= 11 is 6.31. The van der Waals surface area contributed by atoms with Crippen LogP contribution in [-0.4, -0.2) is 10.9 Å². The Labute approximate surface area is 186 Å². The molecular formula is C26H23ClN2O2. The Morgan fingerprint density at radius 3 is 2.71 bits per heavy atom. The minimum Gasteiger partial charge on any atom is -0.436 e. The molecule has 0 saturated carbocycles. The number of amides is 1. The van der Waals surface area contributed by atoms with Crippen molar-refractivity contribution in [3.05, 3.63) is 89.0 Å². The van der Waals surface area contributed by atoms with Gasteiger partial charge in [0.25, 0.3) is 0 Å². The Hall–Kier alpha value is -3.37. The second-order valence-electron chi connectivity index (χ2n) is 7.48. The lowest BCUT2D eigenvalue weighted by atomic mass is 9.98. The number of carbonyl (C=O) groups is 1. The molecule has 4 nitrogen and oxygen atoms in total. The number of nitrogens with zero attached hydrogens (tertiary/aromatic N) is 1. The molecule has 0 radical (unpaired) electrons. The largest absolute Gasteiger partial charge is 0.436 e. The normalized spacial score (nSPS) is 12.4. The number of oxazole rings is 1. The molecule has 156 valence electrons. The van der Waals surface area contributed by atoms with E-state index in [0.717, 1.165) is 28.6 Å². The highest BCUT2D eigenvalue weighted by atomic mass is 35.5. The Balaban J connectivity index is 1.57. The molecule has 0 spiro atoms. The first kappa shape index (κ1) is 20.9. The maximum Gasteiger partial charge on any atom is 0.248 e. The molecule has 0 fully saturated rings. The molecule has 0 aliphatic carbocycles. The minimum absolute atomic E-state index is 0.265. The number of anilines is 1. The van der Waals surface area contributed by atoms with Gasteiger partial charge in [-0.2, -0.15) is 0 Å². The van der Waals surface area contributed by atoms with Crippen LogP contribution in [0.1, 0.15) is 37.3 Å². The molecule has 1 atom stereocenters. The van der Waals surface area contributed by atoms with Crippen molar-refractivity contribution in [1.82, 2.24) is 4.98 Å². The molecule has 5 heteroatoms. The third-order valence-electron chi connectivity index (χ3n) is 5.29. The number of carbonyl (C=O) groups excluding carboxylic acids is 1. The van der Waals surface area contributed by atoms with Crippen molar-refractivity contribution in [2.45, 2.75) is 26.2 Å². The van der Waals surface area contributed by atoms with Gasteiger partial charge in [0.05, 0.1) is 10.7 Å². The van der Waals surface area contributed by atoms with Crippen molar-refractivity contribution in [1.29, 1.82) is 0 Å². The van der Waals surface area contributed by atoms with Gasteiger partial charge in [0.1, 0.15) is 5.52 Å². The summed E-state index contributed by atoms with van der Waals surface area (Å²) in [7, 11) is 0. The molecule has 0 aliphatic rings. The fourth-order valence-corrected chi connectivity index (χ4v) is 3.44. The summed E-state index contributed by atoms with van der Waals surface area (Å²) in [6.07, 6.45) is 4.30. The van der Waals surface area contributed by atoms with Crippen molar-refractivity contribution in [2.24, 2.45) is 0 Å². The van der Waals surface area contributed by atoms with Crippen molar-refractivity contribution >= 4 is 40.4 Å². The Morgan fingerprint density at radius 2 is 1.94 bits per heavy atom. The van der Waals surface area contributed by atoms with Gasteiger partial charge in [-0.1, -0.05) is 61.8 Å². The molecule has 0 saturated heterocycles. The lowest BCUT2D eigenvalue weighted by Gasteiger charge is -2.07. The lowest BCUT2D eigenvalue weighted by Crippen LogP contribution is -2.08. The topological polar surface area (TPSA) is 55.1 Å². The van der Waals surface area contributed by atoms with Crippen LogP contribution in [0.5, 0.6) is 0 Å². The molecule has 4 aromatic rings. The van der Waals surface area contributed by atoms with Gasteiger partial charge in [-0.25, -0.2) is 4.98 Å². The van der Waals surface area contributed by atoms with Gasteiger partial charge in [0, 0.05) is 11.6 Å². The molecule has 1 heterocycles. The zero-order valence-corrected chi connectivity index (χ0v) is 18.2. The van der Waals surface area contributed by atoms with E-state index in [1.54, 1.807) is 18.2 Å². The molecule has 0 aliphatic heterocycles. The highest BCUT2D eigenvalue weighted by molar-refractivity contribution is 6.34. The molecule has 1 N–H and O–H groups in total. The standard InChI is InChI=1S/C26H23ClN2O2/c1-3-17(2)19-11-13-24-23(15-19)29-26(31-24)20-10-12-21(27)22(16-20)28-25(30)14-9-18-7-5-4-6-8-18/h4-17H,3H2,1-2H3,(H,28,30)/b14-9+/t17-/m0/s1. The van der Waals surface area contributed by atoms with Gasteiger partial charge in [-0.15, -0.1) is 0 Å². The monoisotopic (exact) mass is 430 g/mol. The molecule has 0 unspecified atom stereocenters. The Kier molecular flexibility index (Phi) is 6.19. The third-order valence-corrected chi connectivity index (χ3v) is 5.62. The minimum atomic E-state index is -0.265. The second kappa shape index (κ2) is 9.19. The average Bonchev–Trinajstić information content (AvgIpc) is 3.22. The average molecular weight is 431 g/mol. The number of benzene rings is 3. The number of hydrogen-bond acceptors (Lipinski definition) is 3. The van der Waals surface area contributed by atoms with Gasteiger partial charge in [0.2, 0.25) is 11.8 Å². The smallest absolute Gasteiger partial charge is 0.248 e. The lowest BCUT2D eigenvalue weighted by molar-refractivity contribution is -0.111. The van der Waals surface area contributed by atoms with Crippen molar-refractivity contribution in [3.63, 3.8) is 0 Å². The number of hydrogen-bond donors (Lipinski definition) is 1. The van der Waals surface area contributed by atoms with Crippen LogP contribution in [-0.2, 0) is 4.79 Å². The van der Waals surface area contributed by atoms with E-state index in [9.17, 15) is 4.79 Å². The van der Waals surface area contributed by atoms with Gasteiger partial charge < -0.3 is 9.73 Å². The fourth-order valence-electron chi connectivity index (χ4n) is 3.27. The van der Waals surface area contributed by atoms with Gasteiger partial charge in [0.15, 0.2) is 5.58 Å². The fraction of sp³-hybridized carbons (Fsp3) is 0.154. The molecule has 31 heavy (non-hydrogen) atoms. The second-order valence-corrected chi connectivity index (χ2v) is 7.89. The number of fused-ring (bicyclic) bond motifs is 1. The van der Waals surface area contributed by atoms with E-state index in [4.69, 9.17) is 16.0 Å². The van der Waals surface area contributed by atoms with Crippen molar-refractivity contribution in [3.8, 4) is 11.5 Å². The number of nitrogens with one attached hydrogen (secondary N) is 1. The van der Waals surface area contributed by atoms with Gasteiger partial charge in [-0.3, -0.25) is 4.79 Å². The summed E-state index contributed by atoms with van der Waals surface area (Å²) in [5.74, 6) is 0.688. The van der Waals surface area contributed by atoms with E-state index in [0.29, 0.717) is 22.5 Å². The summed E-state index contributed by atoms with van der Waals surface area (Å²) in [4.78, 5) is 17.0. The summed E-state index contributed by atoms with van der Waals surface area (Å²) in [6, 6.07) is 21.1. The molecule has 0 bridgehead atoms. The van der Waals surface area contributed by atoms with Crippen molar-refractivity contribution < 1.29 is 9.21 Å². The maximum atomic E-state index is 12.4. The van der Waals surface area contributed by atoms with Crippen LogP contribution in [0.4, 0.5) is 5.69 Å². The van der Waals surface area contributed by atoms with E-state index in [1.807, 2.05) is 42.5 Å². The third kappa shape index (κ3) is 4.86. The molecular weight excluding hydrogens is 408 g/mol. The van der Waals surface area contributed by atoms with Crippen LogP contribution in [0.25, 0.3) is 28.6 Å². The summed E-state index contributed by atoms with van der Waals surface area (Å²) < 4.78 is 5.95. The van der Waals surface area contributed by atoms with Crippen LogP contribution in [0, 0.1) is 0 Å². The van der Waals surface area contributed by atoms with E-state index >= 15 is 0 Å². The van der Waals surface area contributed by atoms with Crippen LogP contribution in [0.15, 0.2) is 77.2 Å². The van der Waals surface area contributed by atoms with Crippen LogP contribution in [0.2, 0.25) is 5.02 Å². The predicted molar refractivity (Wildman–Crippen MR) is 127 cm³/mol. The first-order valence-electron chi connectivity index (χ1n) is 10.3. The quantitative estimate of drug-likeness (QED) is 0.326.